The van der Waals surface area contributed by atoms with Crippen LogP contribution < -0.4 is 16.2 Å². The standard InChI is InChI=1S/C19H16F3N5O3S/c20-19(21,22)11-24-17(30)26-15(28)10-31-18-25-14-6-2-1-5-13(14)16(29)27(18)9-12-4-3-7-23-8-12/h1-8H,9-11H2,(H2,24,26,28,30). The lowest BCUT2D eigenvalue weighted by Gasteiger charge is -2.13. The monoisotopic (exact) mass is 451 g/mol. The normalized spacial score (nSPS) is 11.3. The molecule has 0 fully saturated rings. The van der Waals surface area contributed by atoms with E-state index in [0.717, 1.165) is 17.3 Å². The van der Waals surface area contributed by atoms with Gasteiger partial charge in [-0.05, 0) is 23.8 Å². The summed E-state index contributed by atoms with van der Waals surface area (Å²) >= 11 is 0.886. The molecular formula is C19H16F3N5O3S. The molecule has 2 aromatic heterocycles. The van der Waals surface area contributed by atoms with E-state index in [-0.39, 0.29) is 23.0 Å². The van der Waals surface area contributed by atoms with E-state index in [0.29, 0.717) is 10.9 Å². The predicted octanol–water partition coefficient (Wildman–Crippen LogP) is 2.32. The maximum absolute atomic E-state index is 13.0. The molecule has 0 aliphatic rings. The van der Waals surface area contributed by atoms with E-state index in [1.807, 2.05) is 5.32 Å². The van der Waals surface area contributed by atoms with Gasteiger partial charge in [0.25, 0.3) is 5.56 Å². The summed E-state index contributed by atoms with van der Waals surface area (Å²) in [7, 11) is 0. The van der Waals surface area contributed by atoms with Crippen molar-refractivity contribution in [2.45, 2.75) is 17.9 Å². The number of pyridine rings is 1. The summed E-state index contributed by atoms with van der Waals surface area (Å²) < 4.78 is 37.8. The molecule has 2 heterocycles. The first-order valence-electron chi connectivity index (χ1n) is 8.88. The molecule has 0 unspecified atom stereocenters. The van der Waals surface area contributed by atoms with Gasteiger partial charge in [-0.3, -0.25) is 24.5 Å². The van der Waals surface area contributed by atoms with Crippen molar-refractivity contribution in [3.63, 3.8) is 0 Å². The summed E-state index contributed by atoms with van der Waals surface area (Å²) in [6.07, 6.45) is -1.41. The Morgan fingerprint density at radius 3 is 2.61 bits per heavy atom. The topological polar surface area (TPSA) is 106 Å². The van der Waals surface area contributed by atoms with Crippen LogP contribution in [0.3, 0.4) is 0 Å². The molecule has 8 nitrogen and oxygen atoms in total. The maximum Gasteiger partial charge on any atom is 0.405 e. The maximum atomic E-state index is 13.0. The van der Waals surface area contributed by atoms with Gasteiger partial charge < -0.3 is 5.32 Å². The molecule has 0 atom stereocenters. The van der Waals surface area contributed by atoms with E-state index in [9.17, 15) is 27.6 Å². The van der Waals surface area contributed by atoms with Crippen LogP contribution in [0.15, 0.2) is 58.7 Å². The highest BCUT2D eigenvalue weighted by atomic mass is 32.2. The van der Waals surface area contributed by atoms with Crippen LogP contribution in [0, 0.1) is 0 Å². The van der Waals surface area contributed by atoms with Crippen molar-refractivity contribution in [3.8, 4) is 0 Å². The van der Waals surface area contributed by atoms with Gasteiger partial charge in [0.2, 0.25) is 5.91 Å². The second kappa shape index (κ2) is 9.60. The minimum atomic E-state index is -4.59. The zero-order chi connectivity index (χ0) is 22.4. The lowest BCUT2D eigenvalue weighted by molar-refractivity contribution is -0.124. The van der Waals surface area contributed by atoms with E-state index in [2.05, 4.69) is 9.97 Å². The largest absolute Gasteiger partial charge is 0.405 e. The Kier molecular flexibility index (Phi) is 6.90. The van der Waals surface area contributed by atoms with Crippen LogP contribution >= 0.6 is 11.8 Å². The molecule has 3 rings (SSSR count). The van der Waals surface area contributed by atoms with E-state index in [1.165, 1.54) is 4.57 Å². The number of thioether (sulfide) groups is 1. The van der Waals surface area contributed by atoms with Gasteiger partial charge in [-0.25, -0.2) is 9.78 Å². The van der Waals surface area contributed by atoms with Crippen molar-refractivity contribution in [1.82, 2.24) is 25.2 Å². The van der Waals surface area contributed by atoms with Crippen molar-refractivity contribution in [3.05, 3.63) is 64.7 Å². The Hall–Kier alpha value is -3.41. The second-order valence-electron chi connectivity index (χ2n) is 6.30. The molecule has 0 radical (unpaired) electrons. The fourth-order valence-electron chi connectivity index (χ4n) is 2.59. The van der Waals surface area contributed by atoms with Crippen LogP contribution in [-0.4, -0.2) is 44.9 Å². The molecule has 12 heteroatoms. The second-order valence-corrected chi connectivity index (χ2v) is 7.24. The number of imide groups is 1. The molecule has 0 bridgehead atoms. The lowest BCUT2D eigenvalue weighted by Crippen LogP contribution is -2.44. The summed E-state index contributed by atoms with van der Waals surface area (Å²) in [6.45, 7) is -1.41. The van der Waals surface area contributed by atoms with Crippen LogP contribution in [0.2, 0.25) is 0 Å². The molecule has 1 aromatic carbocycles. The summed E-state index contributed by atoms with van der Waals surface area (Å²) in [5, 5.41) is 3.97. The highest BCUT2D eigenvalue weighted by Gasteiger charge is 2.28. The van der Waals surface area contributed by atoms with E-state index < -0.39 is 24.7 Å². The Bertz CT molecular complexity index is 1150. The lowest BCUT2D eigenvalue weighted by atomic mass is 10.2. The van der Waals surface area contributed by atoms with Gasteiger partial charge >= 0.3 is 12.2 Å². The van der Waals surface area contributed by atoms with Gasteiger partial charge in [-0.2, -0.15) is 13.2 Å². The van der Waals surface area contributed by atoms with Crippen LogP contribution in [0.1, 0.15) is 5.56 Å². The Labute approximate surface area is 177 Å². The summed E-state index contributed by atoms with van der Waals surface area (Å²) in [4.78, 5) is 44.8. The number of halogens is 3. The number of urea groups is 1. The fourth-order valence-corrected chi connectivity index (χ4v) is 3.39. The van der Waals surface area contributed by atoms with Crippen molar-refractivity contribution >= 4 is 34.6 Å². The molecule has 0 spiro atoms. The summed E-state index contributed by atoms with van der Waals surface area (Å²) in [5.41, 5.74) is 0.848. The molecule has 0 aliphatic carbocycles. The average molecular weight is 451 g/mol. The van der Waals surface area contributed by atoms with Gasteiger partial charge in [0.15, 0.2) is 5.16 Å². The van der Waals surface area contributed by atoms with Crippen molar-refractivity contribution in [2.24, 2.45) is 0 Å². The smallest absolute Gasteiger partial charge is 0.329 e. The molecule has 0 saturated heterocycles. The highest BCUT2D eigenvalue weighted by molar-refractivity contribution is 7.99. The van der Waals surface area contributed by atoms with Gasteiger partial charge in [0.1, 0.15) is 6.54 Å². The van der Waals surface area contributed by atoms with E-state index in [4.69, 9.17) is 0 Å². The Morgan fingerprint density at radius 2 is 1.90 bits per heavy atom. The van der Waals surface area contributed by atoms with Crippen molar-refractivity contribution in [1.29, 1.82) is 0 Å². The Balaban J connectivity index is 1.77. The van der Waals surface area contributed by atoms with Crippen LogP contribution in [0.25, 0.3) is 10.9 Å². The number of rotatable bonds is 6. The molecule has 0 aliphatic heterocycles. The third-order valence-corrected chi connectivity index (χ3v) is 4.90. The number of nitrogens with zero attached hydrogens (tertiary/aromatic N) is 3. The van der Waals surface area contributed by atoms with Gasteiger partial charge in [0, 0.05) is 12.4 Å². The zero-order valence-electron chi connectivity index (χ0n) is 15.8. The number of hydrogen-bond acceptors (Lipinski definition) is 6. The minimum absolute atomic E-state index is 0.153. The molecular weight excluding hydrogens is 435 g/mol. The minimum Gasteiger partial charge on any atom is -0.329 e. The molecule has 162 valence electrons. The fraction of sp³-hybridized carbons (Fsp3) is 0.211. The number of amides is 3. The number of nitrogens with one attached hydrogen (secondary N) is 2. The Morgan fingerprint density at radius 1 is 1.13 bits per heavy atom. The average Bonchev–Trinajstić information content (AvgIpc) is 2.73. The molecule has 0 saturated carbocycles. The number of para-hydroxylation sites is 1. The number of carbonyl (C=O) groups is 2. The number of fused-ring (bicyclic) bond motifs is 1. The van der Waals surface area contributed by atoms with Crippen molar-refractivity contribution < 1.29 is 22.8 Å². The first-order valence-corrected chi connectivity index (χ1v) is 9.87. The summed E-state index contributed by atoms with van der Waals surface area (Å²) in [5.74, 6) is -1.17. The van der Waals surface area contributed by atoms with Crippen LogP contribution in [0.5, 0.6) is 0 Å². The van der Waals surface area contributed by atoms with Gasteiger partial charge in [-0.15, -0.1) is 0 Å². The number of alkyl halides is 3. The van der Waals surface area contributed by atoms with Crippen LogP contribution in [0.4, 0.5) is 18.0 Å². The number of carbonyl (C=O) groups excluding carboxylic acids is 2. The third kappa shape index (κ3) is 6.28. The molecule has 2 N–H and O–H groups in total. The third-order valence-electron chi connectivity index (χ3n) is 3.92. The van der Waals surface area contributed by atoms with Crippen molar-refractivity contribution in [2.75, 3.05) is 12.3 Å². The predicted molar refractivity (Wildman–Crippen MR) is 108 cm³/mol. The SMILES string of the molecule is O=C(CSc1nc2ccccc2c(=O)n1Cc1cccnc1)NC(=O)NCC(F)(F)F. The van der Waals surface area contributed by atoms with Gasteiger partial charge in [0.05, 0.1) is 23.2 Å². The summed E-state index contributed by atoms with van der Waals surface area (Å²) in [6, 6.07) is 8.94. The molecule has 3 amide bonds. The molecule has 31 heavy (non-hydrogen) atoms. The van der Waals surface area contributed by atoms with E-state index in [1.54, 1.807) is 54.1 Å². The number of hydrogen-bond donors (Lipinski definition) is 2. The number of benzene rings is 1. The highest BCUT2D eigenvalue weighted by Crippen LogP contribution is 2.19. The number of aromatic nitrogens is 3. The van der Waals surface area contributed by atoms with E-state index >= 15 is 0 Å². The quantitative estimate of drug-likeness (QED) is 0.440. The zero-order valence-corrected chi connectivity index (χ0v) is 16.7. The van der Waals surface area contributed by atoms with Crippen LogP contribution in [-0.2, 0) is 11.3 Å². The molecule has 3 aromatic rings. The van der Waals surface area contributed by atoms with Gasteiger partial charge in [-0.1, -0.05) is 30.0 Å². The first kappa shape index (κ1) is 22.3. The first-order chi connectivity index (χ1) is 14.7.